The molecule has 0 fully saturated rings. The lowest BCUT2D eigenvalue weighted by atomic mass is 9.95. The number of pyridine rings is 1. The van der Waals surface area contributed by atoms with E-state index in [1.54, 1.807) is 0 Å². The number of aromatic nitrogens is 1. The Morgan fingerprint density at radius 1 is 1.24 bits per heavy atom. The molecule has 1 aromatic heterocycles. The highest BCUT2D eigenvalue weighted by atomic mass is 79.9. The van der Waals surface area contributed by atoms with E-state index in [4.69, 9.17) is 0 Å². The molecule has 17 heavy (non-hydrogen) atoms. The van der Waals surface area contributed by atoms with Gasteiger partial charge in [0.1, 0.15) is 5.82 Å². The predicted octanol–water partition coefficient (Wildman–Crippen LogP) is 3.60. The molecular weight excluding hydrogens is 276 g/mol. The Morgan fingerprint density at radius 3 is 2.88 bits per heavy atom. The van der Waals surface area contributed by atoms with Gasteiger partial charge in [0, 0.05) is 23.1 Å². The van der Waals surface area contributed by atoms with Crippen LogP contribution < -0.4 is 5.32 Å². The molecule has 0 radical (unpaired) electrons. The third kappa shape index (κ3) is 2.20. The van der Waals surface area contributed by atoms with Crippen LogP contribution in [0.15, 0.2) is 47.1 Å². The molecule has 1 aromatic carbocycles. The van der Waals surface area contributed by atoms with Crippen LogP contribution in [-0.4, -0.2) is 11.5 Å². The van der Waals surface area contributed by atoms with Crippen LogP contribution in [0.25, 0.3) is 0 Å². The van der Waals surface area contributed by atoms with Crippen molar-refractivity contribution in [3.8, 4) is 0 Å². The molecule has 2 heterocycles. The molecule has 3 heteroatoms. The predicted molar refractivity (Wildman–Crippen MR) is 73.3 cm³/mol. The highest BCUT2D eigenvalue weighted by Gasteiger charge is 2.22. The lowest BCUT2D eigenvalue weighted by Gasteiger charge is -2.09. The summed E-state index contributed by atoms with van der Waals surface area (Å²) in [5, 5.41) is 3.36. The number of halogens is 1. The first-order chi connectivity index (χ1) is 8.33. The van der Waals surface area contributed by atoms with Crippen LogP contribution in [0.1, 0.15) is 17.0 Å². The van der Waals surface area contributed by atoms with Crippen LogP contribution >= 0.6 is 15.9 Å². The third-order valence-corrected chi connectivity index (χ3v) is 3.72. The fourth-order valence-electron chi connectivity index (χ4n) is 2.31. The zero-order valence-electron chi connectivity index (χ0n) is 9.36. The van der Waals surface area contributed by atoms with Gasteiger partial charge in [0.25, 0.3) is 0 Å². The van der Waals surface area contributed by atoms with Crippen LogP contribution in [0.4, 0.5) is 5.82 Å². The summed E-state index contributed by atoms with van der Waals surface area (Å²) >= 11 is 3.46. The zero-order chi connectivity index (χ0) is 11.7. The van der Waals surface area contributed by atoms with Crippen LogP contribution in [0, 0.1) is 0 Å². The lowest BCUT2D eigenvalue weighted by molar-refractivity contribution is 0.752. The maximum absolute atomic E-state index is 4.35. The summed E-state index contributed by atoms with van der Waals surface area (Å²) in [6.45, 7) is 0.989. The molecule has 0 bridgehead atoms. The van der Waals surface area contributed by atoms with Crippen molar-refractivity contribution >= 4 is 21.7 Å². The number of hydrogen-bond donors (Lipinski definition) is 1. The van der Waals surface area contributed by atoms with Gasteiger partial charge in [0.15, 0.2) is 0 Å². The molecule has 2 nitrogen and oxygen atoms in total. The normalized spacial score (nSPS) is 17.6. The van der Waals surface area contributed by atoms with Gasteiger partial charge in [-0.25, -0.2) is 4.98 Å². The molecule has 1 N–H and O–H groups in total. The van der Waals surface area contributed by atoms with E-state index in [0.717, 1.165) is 23.3 Å². The summed E-state index contributed by atoms with van der Waals surface area (Å²) in [5.74, 6) is 1.59. The molecule has 2 aromatic rings. The highest BCUT2D eigenvalue weighted by Crippen LogP contribution is 2.31. The average molecular weight is 289 g/mol. The molecule has 0 amide bonds. The van der Waals surface area contributed by atoms with Crippen molar-refractivity contribution in [3.05, 3.63) is 58.2 Å². The van der Waals surface area contributed by atoms with Crippen molar-refractivity contribution in [2.24, 2.45) is 0 Å². The van der Waals surface area contributed by atoms with Gasteiger partial charge >= 0.3 is 0 Å². The first kappa shape index (κ1) is 10.8. The molecule has 86 valence electrons. The summed E-state index contributed by atoms with van der Waals surface area (Å²) < 4.78 is 1.13. The Morgan fingerprint density at radius 2 is 2.06 bits per heavy atom. The fraction of sp³-hybridized carbons (Fsp3) is 0.214. The van der Waals surface area contributed by atoms with Crippen molar-refractivity contribution in [2.75, 3.05) is 11.9 Å². The SMILES string of the molecule is Brc1ccc(CC2CNc3ncccc32)cc1. The Kier molecular flexibility index (Phi) is 2.85. The van der Waals surface area contributed by atoms with Crippen LogP contribution in [0.2, 0.25) is 0 Å². The van der Waals surface area contributed by atoms with Crippen molar-refractivity contribution in [1.29, 1.82) is 0 Å². The summed E-state index contributed by atoms with van der Waals surface area (Å²) in [5.41, 5.74) is 2.71. The molecule has 0 aliphatic carbocycles. The summed E-state index contributed by atoms with van der Waals surface area (Å²) in [7, 11) is 0. The third-order valence-electron chi connectivity index (χ3n) is 3.19. The number of nitrogens with one attached hydrogen (secondary N) is 1. The largest absolute Gasteiger partial charge is 0.369 e. The highest BCUT2D eigenvalue weighted by molar-refractivity contribution is 9.10. The van der Waals surface area contributed by atoms with Gasteiger partial charge in [-0.1, -0.05) is 34.1 Å². The summed E-state index contributed by atoms with van der Waals surface area (Å²) in [6, 6.07) is 12.7. The van der Waals surface area contributed by atoms with Gasteiger partial charge in [-0.15, -0.1) is 0 Å². The number of nitrogens with zero attached hydrogens (tertiary/aromatic N) is 1. The number of hydrogen-bond acceptors (Lipinski definition) is 2. The van der Waals surface area contributed by atoms with Crippen molar-refractivity contribution in [1.82, 2.24) is 4.98 Å². The average Bonchev–Trinajstić information content (AvgIpc) is 2.76. The quantitative estimate of drug-likeness (QED) is 0.913. The van der Waals surface area contributed by atoms with Crippen molar-refractivity contribution < 1.29 is 0 Å². The molecule has 1 unspecified atom stereocenters. The van der Waals surface area contributed by atoms with Gasteiger partial charge in [-0.3, -0.25) is 0 Å². The van der Waals surface area contributed by atoms with Crippen molar-refractivity contribution in [3.63, 3.8) is 0 Å². The van der Waals surface area contributed by atoms with E-state index in [0.29, 0.717) is 5.92 Å². The van der Waals surface area contributed by atoms with Gasteiger partial charge < -0.3 is 5.32 Å². The van der Waals surface area contributed by atoms with E-state index in [-0.39, 0.29) is 0 Å². The monoisotopic (exact) mass is 288 g/mol. The minimum atomic E-state index is 0.542. The second kappa shape index (κ2) is 4.49. The Bertz CT molecular complexity index is 522. The number of fused-ring (bicyclic) bond motifs is 1. The van der Waals surface area contributed by atoms with E-state index in [2.05, 4.69) is 56.6 Å². The second-order valence-electron chi connectivity index (χ2n) is 4.35. The second-order valence-corrected chi connectivity index (χ2v) is 5.27. The summed E-state index contributed by atoms with van der Waals surface area (Å²) in [4.78, 5) is 4.35. The molecule has 1 atom stereocenters. The molecule has 1 aliphatic heterocycles. The Labute approximate surface area is 109 Å². The molecular formula is C14H13BrN2. The van der Waals surface area contributed by atoms with Gasteiger partial charge in [0.05, 0.1) is 0 Å². The molecule has 0 saturated heterocycles. The summed E-state index contributed by atoms with van der Waals surface area (Å²) in [6.07, 6.45) is 2.91. The first-order valence-electron chi connectivity index (χ1n) is 5.76. The van der Waals surface area contributed by atoms with Gasteiger partial charge in [-0.05, 0) is 35.7 Å². The zero-order valence-corrected chi connectivity index (χ0v) is 10.9. The number of rotatable bonds is 2. The van der Waals surface area contributed by atoms with E-state index < -0.39 is 0 Å². The Hall–Kier alpha value is -1.35. The van der Waals surface area contributed by atoms with E-state index in [1.807, 2.05) is 12.3 Å². The van der Waals surface area contributed by atoms with Gasteiger partial charge in [-0.2, -0.15) is 0 Å². The van der Waals surface area contributed by atoms with E-state index in [1.165, 1.54) is 11.1 Å². The van der Waals surface area contributed by atoms with Gasteiger partial charge in [0.2, 0.25) is 0 Å². The molecule has 0 saturated carbocycles. The number of anilines is 1. The Balaban J connectivity index is 1.81. The van der Waals surface area contributed by atoms with Crippen molar-refractivity contribution in [2.45, 2.75) is 12.3 Å². The smallest absolute Gasteiger partial charge is 0.129 e. The minimum Gasteiger partial charge on any atom is -0.369 e. The molecule has 1 aliphatic rings. The molecule has 0 spiro atoms. The lowest BCUT2D eigenvalue weighted by Crippen LogP contribution is -2.05. The standard InChI is InChI=1S/C14H13BrN2/c15-12-5-3-10(4-6-12)8-11-9-17-14-13(11)2-1-7-16-14/h1-7,11H,8-9H2,(H,16,17). The van der Waals surface area contributed by atoms with Crippen LogP contribution in [0.3, 0.4) is 0 Å². The number of benzene rings is 1. The maximum Gasteiger partial charge on any atom is 0.129 e. The van der Waals surface area contributed by atoms with Crippen LogP contribution in [0.5, 0.6) is 0 Å². The fourth-order valence-corrected chi connectivity index (χ4v) is 2.58. The molecule has 3 rings (SSSR count). The van der Waals surface area contributed by atoms with E-state index in [9.17, 15) is 0 Å². The van der Waals surface area contributed by atoms with Crippen LogP contribution in [-0.2, 0) is 6.42 Å². The minimum absolute atomic E-state index is 0.542. The van der Waals surface area contributed by atoms with E-state index >= 15 is 0 Å². The maximum atomic E-state index is 4.35. The topological polar surface area (TPSA) is 24.9 Å². The first-order valence-corrected chi connectivity index (χ1v) is 6.55.